The lowest BCUT2D eigenvalue weighted by atomic mass is 9.63. The van der Waals surface area contributed by atoms with Crippen molar-refractivity contribution < 1.29 is 14.4 Å². The summed E-state index contributed by atoms with van der Waals surface area (Å²) in [6.07, 6.45) is 5.45. The molecule has 33 heavy (non-hydrogen) atoms. The SMILES string of the molecule is Cc1ccc(N(CN2C(=O)C3C4C=CC(C5CC45)C3C2=O)C(=O)c2ccc(Cl)cc2)cc1C. The molecule has 2 aromatic carbocycles. The molecular weight excluding hydrogens is 436 g/mol. The molecule has 2 aromatic rings. The van der Waals surface area contributed by atoms with Gasteiger partial charge in [-0.3, -0.25) is 24.2 Å². The second-order valence-electron chi connectivity index (χ2n) is 9.91. The van der Waals surface area contributed by atoms with Gasteiger partial charge in [-0.25, -0.2) is 0 Å². The van der Waals surface area contributed by atoms with Gasteiger partial charge in [0.05, 0.1) is 11.8 Å². The van der Waals surface area contributed by atoms with Gasteiger partial charge in [0, 0.05) is 16.3 Å². The highest BCUT2D eigenvalue weighted by Gasteiger charge is 2.67. The van der Waals surface area contributed by atoms with Gasteiger partial charge >= 0.3 is 0 Å². The van der Waals surface area contributed by atoms with E-state index in [0.717, 1.165) is 17.5 Å². The summed E-state index contributed by atoms with van der Waals surface area (Å²) in [6, 6.07) is 12.4. The normalized spacial score (nSPS) is 30.9. The van der Waals surface area contributed by atoms with Crippen molar-refractivity contribution in [2.45, 2.75) is 20.3 Å². The van der Waals surface area contributed by atoms with E-state index in [2.05, 4.69) is 12.2 Å². The second-order valence-corrected chi connectivity index (χ2v) is 10.3. The van der Waals surface area contributed by atoms with Crippen LogP contribution in [0.25, 0.3) is 0 Å². The van der Waals surface area contributed by atoms with E-state index in [1.807, 2.05) is 32.0 Å². The zero-order valence-electron chi connectivity index (χ0n) is 18.6. The van der Waals surface area contributed by atoms with Crippen LogP contribution in [0.1, 0.15) is 27.9 Å². The van der Waals surface area contributed by atoms with E-state index in [1.54, 1.807) is 29.2 Å². The molecular formula is C27H25ClN2O3. The van der Waals surface area contributed by atoms with Crippen molar-refractivity contribution in [2.24, 2.45) is 35.5 Å². The van der Waals surface area contributed by atoms with Crippen LogP contribution in [0.2, 0.25) is 5.02 Å². The summed E-state index contributed by atoms with van der Waals surface area (Å²) >= 11 is 6.02. The third kappa shape index (κ3) is 3.09. The van der Waals surface area contributed by atoms with Crippen molar-refractivity contribution >= 4 is 35.0 Å². The number of anilines is 1. The number of aryl methyl sites for hydroxylation is 2. The number of allylic oxidation sites excluding steroid dienone is 2. The molecule has 2 saturated carbocycles. The van der Waals surface area contributed by atoms with E-state index in [0.29, 0.717) is 28.1 Å². The quantitative estimate of drug-likeness (QED) is 0.494. The number of carbonyl (C=O) groups excluding carboxylic acids is 3. The number of halogens is 1. The molecule has 0 spiro atoms. The third-order valence-corrected chi connectivity index (χ3v) is 8.43. The smallest absolute Gasteiger partial charge is 0.259 e. The van der Waals surface area contributed by atoms with Crippen molar-refractivity contribution in [3.63, 3.8) is 0 Å². The maximum Gasteiger partial charge on any atom is 0.259 e. The Labute approximate surface area is 198 Å². The van der Waals surface area contributed by atoms with E-state index in [9.17, 15) is 14.4 Å². The fourth-order valence-corrected chi connectivity index (χ4v) is 6.33. The first-order valence-corrected chi connectivity index (χ1v) is 11.9. The summed E-state index contributed by atoms with van der Waals surface area (Å²) in [6.45, 7) is 3.92. The van der Waals surface area contributed by atoms with Gasteiger partial charge in [0.25, 0.3) is 5.91 Å². The minimum atomic E-state index is -0.275. The molecule has 5 aliphatic rings. The first-order valence-electron chi connectivity index (χ1n) is 11.5. The van der Waals surface area contributed by atoms with Crippen LogP contribution >= 0.6 is 11.6 Å². The Bertz CT molecular complexity index is 1180. The zero-order chi connectivity index (χ0) is 23.0. The van der Waals surface area contributed by atoms with Gasteiger partial charge < -0.3 is 0 Å². The summed E-state index contributed by atoms with van der Waals surface area (Å²) < 4.78 is 0. The number of hydrogen-bond acceptors (Lipinski definition) is 3. The highest BCUT2D eigenvalue weighted by Crippen LogP contribution is 2.65. The van der Waals surface area contributed by atoms with Crippen molar-refractivity contribution in [3.05, 3.63) is 76.3 Å². The lowest BCUT2D eigenvalue weighted by molar-refractivity contribution is -0.140. The molecule has 1 saturated heterocycles. The molecule has 168 valence electrons. The van der Waals surface area contributed by atoms with Crippen LogP contribution in [0.5, 0.6) is 0 Å². The summed E-state index contributed by atoms with van der Waals surface area (Å²) in [5, 5.41) is 0.541. The van der Waals surface area contributed by atoms with Crippen LogP contribution in [0.3, 0.4) is 0 Å². The average Bonchev–Trinajstić information content (AvgIpc) is 3.59. The van der Waals surface area contributed by atoms with Crippen molar-refractivity contribution in [1.82, 2.24) is 4.90 Å². The van der Waals surface area contributed by atoms with Gasteiger partial charge in [0.2, 0.25) is 11.8 Å². The molecule has 3 amide bonds. The maximum absolute atomic E-state index is 13.6. The molecule has 0 aromatic heterocycles. The monoisotopic (exact) mass is 460 g/mol. The Kier molecular flexibility index (Phi) is 4.57. The lowest BCUT2D eigenvalue weighted by Gasteiger charge is -2.37. The third-order valence-electron chi connectivity index (χ3n) is 8.18. The number of benzene rings is 2. The van der Waals surface area contributed by atoms with Crippen LogP contribution in [-0.2, 0) is 9.59 Å². The number of amides is 3. The van der Waals surface area contributed by atoms with Crippen LogP contribution in [-0.4, -0.2) is 29.3 Å². The fourth-order valence-electron chi connectivity index (χ4n) is 6.20. The number of imide groups is 1. The Morgan fingerprint density at radius 2 is 1.55 bits per heavy atom. The van der Waals surface area contributed by atoms with Gasteiger partial charge in [-0.05, 0) is 91.5 Å². The summed E-state index contributed by atoms with van der Waals surface area (Å²) in [5.41, 5.74) is 3.27. The topological polar surface area (TPSA) is 57.7 Å². The molecule has 5 nitrogen and oxygen atoms in total. The number of carbonyl (C=O) groups is 3. The van der Waals surface area contributed by atoms with Gasteiger partial charge in [0.1, 0.15) is 6.67 Å². The maximum atomic E-state index is 13.6. The van der Waals surface area contributed by atoms with E-state index < -0.39 is 0 Å². The molecule has 2 bridgehead atoms. The summed E-state index contributed by atoms with van der Waals surface area (Å²) in [4.78, 5) is 43.5. The van der Waals surface area contributed by atoms with Gasteiger partial charge in [0.15, 0.2) is 0 Å². The minimum absolute atomic E-state index is 0.0800. The molecule has 7 rings (SSSR count). The predicted octanol–water partition coefficient (Wildman–Crippen LogP) is 4.61. The Hall–Kier alpha value is -2.92. The summed E-state index contributed by atoms with van der Waals surface area (Å²) in [5.74, 6) is 0.331. The molecule has 0 N–H and O–H groups in total. The van der Waals surface area contributed by atoms with E-state index in [4.69, 9.17) is 11.6 Å². The van der Waals surface area contributed by atoms with Crippen LogP contribution in [0, 0.1) is 49.4 Å². The molecule has 1 heterocycles. The molecule has 1 aliphatic heterocycles. The highest BCUT2D eigenvalue weighted by atomic mass is 35.5. The molecule has 0 radical (unpaired) electrons. The van der Waals surface area contributed by atoms with Crippen LogP contribution in [0.15, 0.2) is 54.6 Å². The van der Waals surface area contributed by atoms with Crippen molar-refractivity contribution in [1.29, 1.82) is 0 Å². The van der Waals surface area contributed by atoms with Gasteiger partial charge in [-0.15, -0.1) is 0 Å². The van der Waals surface area contributed by atoms with Crippen LogP contribution < -0.4 is 4.90 Å². The molecule has 6 unspecified atom stereocenters. The fraction of sp³-hybridized carbons (Fsp3) is 0.370. The number of likely N-dealkylation sites (tertiary alicyclic amines) is 1. The van der Waals surface area contributed by atoms with E-state index in [1.165, 1.54) is 4.90 Å². The highest BCUT2D eigenvalue weighted by molar-refractivity contribution is 6.30. The summed E-state index contributed by atoms with van der Waals surface area (Å²) in [7, 11) is 0. The Morgan fingerprint density at radius 3 is 2.12 bits per heavy atom. The number of nitrogens with zero attached hydrogens (tertiary/aromatic N) is 2. The zero-order valence-corrected chi connectivity index (χ0v) is 19.3. The Morgan fingerprint density at radius 1 is 0.939 bits per heavy atom. The molecule has 4 aliphatic carbocycles. The molecule has 3 fully saturated rings. The number of hydrogen-bond donors (Lipinski definition) is 0. The standard InChI is InChI=1S/C27H25ClN2O3/c1-14-3-8-18(11-15(14)2)29(25(31)16-4-6-17(28)7-5-16)13-30-26(32)23-19-9-10-20(22-12-21(19)22)24(23)27(30)33/h3-11,19-24H,12-13H2,1-2H3. The van der Waals surface area contributed by atoms with Gasteiger partial charge in [-0.1, -0.05) is 29.8 Å². The largest absolute Gasteiger partial charge is 0.290 e. The Balaban J connectivity index is 1.35. The van der Waals surface area contributed by atoms with Crippen LogP contribution in [0.4, 0.5) is 5.69 Å². The minimum Gasteiger partial charge on any atom is -0.290 e. The van der Waals surface area contributed by atoms with Crippen molar-refractivity contribution in [2.75, 3.05) is 11.6 Å². The first kappa shape index (κ1) is 20.7. The van der Waals surface area contributed by atoms with E-state index in [-0.39, 0.29) is 48.1 Å². The lowest BCUT2D eigenvalue weighted by Crippen LogP contribution is -2.45. The van der Waals surface area contributed by atoms with E-state index >= 15 is 0 Å². The number of rotatable bonds is 4. The first-order chi connectivity index (χ1) is 15.8. The second kappa shape index (κ2) is 7.29. The van der Waals surface area contributed by atoms with Gasteiger partial charge in [-0.2, -0.15) is 0 Å². The van der Waals surface area contributed by atoms with Crippen molar-refractivity contribution in [3.8, 4) is 0 Å². The predicted molar refractivity (Wildman–Crippen MR) is 126 cm³/mol. The molecule has 6 heteroatoms. The average molecular weight is 461 g/mol. The molecule has 6 atom stereocenters.